The highest BCUT2D eigenvalue weighted by Crippen LogP contribution is 2.06. The van der Waals surface area contributed by atoms with Gasteiger partial charge in [-0.2, -0.15) is 5.26 Å². The van der Waals surface area contributed by atoms with E-state index in [1.807, 2.05) is 26.0 Å². The molecule has 1 amide bonds. The molecular formula is C13H16N2O. The highest BCUT2D eigenvalue weighted by Gasteiger charge is 2.11. The molecule has 3 nitrogen and oxygen atoms in total. The Morgan fingerprint density at radius 3 is 2.38 bits per heavy atom. The Kier molecular flexibility index (Phi) is 4.07. The molecule has 0 radical (unpaired) electrons. The predicted octanol–water partition coefficient (Wildman–Crippen LogP) is 1.97. The molecule has 0 aliphatic heterocycles. The third kappa shape index (κ3) is 3.09. The molecule has 0 spiro atoms. The Labute approximate surface area is 96.3 Å². The number of rotatable bonds is 3. The fourth-order valence-corrected chi connectivity index (χ4v) is 1.28. The Bertz CT molecular complexity index is 401. The molecule has 0 bridgehead atoms. The van der Waals surface area contributed by atoms with Gasteiger partial charge in [0.15, 0.2) is 0 Å². The zero-order valence-corrected chi connectivity index (χ0v) is 9.90. The van der Waals surface area contributed by atoms with Crippen molar-refractivity contribution in [2.24, 2.45) is 0 Å². The van der Waals surface area contributed by atoms with Crippen molar-refractivity contribution in [1.82, 2.24) is 4.90 Å². The number of nitriles is 1. The summed E-state index contributed by atoms with van der Waals surface area (Å²) >= 11 is 0. The van der Waals surface area contributed by atoms with Crippen molar-refractivity contribution in [1.29, 1.82) is 5.26 Å². The SMILES string of the molecule is CC(C)N(C)C(=O)Cc1ccc(C#N)cc1. The standard InChI is InChI=1S/C13H16N2O/c1-10(2)15(3)13(16)8-11-4-6-12(9-14)7-5-11/h4-7,10H,8H2,1-3H3. The Hall–Kier alpha value is -1.82. The summed E-state index contributed by atoms with van der Waals surface area (Å²) < 4.78 is 0. The maximum atomic E-state index is 11.8. The van der Waals surface area contributed by atoms with Crippen LogP contribution in [0.2, 0.25) is 0 Å². The molecule has 0 fully saturated rings. The van der Waals surface area contributed by atoms with Crippen LogP contribution in [0.5, 0.6) is 0 Å². The van der Waals surface area contributed by atoms with Crippen molar-refractivity contribution in [3.63, 3.8) is 0 Å². The quantitative estimate of drug-likeness (QED) is 0.775. The first-order valence-corrected chi connectivity index (χ1v) is 5.29. The van der Waals surface area contributed by atoms with Crippen LogP contribution >= 0.6 is 0 Å². The molecule has 0 saturated carbocycles. The smallest absolute Gasteiger partial charge is 0.226 e. The van der Waals surface area contributed by atoms with Crippen molar-refractivity contribution in [2.45, 2.75) is 26.3 Å². The van der Waals surface area contributed by atoms with E-state index in [0.717, 1.165) is 5.56 Å². The van der Waals surface area contributed by atoms with Crippen LogP contribution in [0.4, 0.5) is 0 Å². The zero-order valence-electron chi connectivity index (χ0n) is 9.90. The topological polar surface area (TPSA) is 44.1 Å². The Morgan fingerprint density at radius 2 is 1.94 bits per heavy atom. The fraction of sp³-hybridized carbons (Fsp3) is 0.385. The van der Waals surface area contributed by atoms with Crippen molar-refractivity contribution in [3.8, 4) is 6.07 Å². The molecule has 0 unspecified atom stereocenters. The summed E-state index contributed by atoms with van der Waals surface area (Å²) in [6.45, 7) is 3.97. The van der Waals surface area contributed by atoms with Gasteiger partial charge in [-0.25, -0.2) is 0 Å². The molecule has 1 rings (SSSR count). The molecule has 0 aliphatic carbocycles. The van der Waals surface area contributed by atoms with Crippen LogP contribution < -0.4 is 0 Å². The molecule has 0 aromatic heterocycles. The number of amides is 1. The normalized spacial score (nSPS) is 9.94. The lowest BCUT2D eigenvalue weighted by atomic mass is 10.1. The molecule has 0 atom stereocenters. The number of likely N-dealkylation sites (N-methyl/N-ethyl adjacent to an activating group) is 1. The predicted molar refractivity (Wildman–Crippen MR) is 62.8 cm³/mol. The maximum absolute atomic E-state index is 11.8. The summed E-state index contributed by atoms with van der Waals surface area (Å²) in [5, 5.41) is 8.65. The second-order valence-electron chi connectivity index (χ2n) is 4.08. The number of hydrogen-bond donors (Lipinski definition) is 0. The molecule has 16 heavy (non-hydrogen) atoms. The van der Waals surface area contributed by atoms with Crippen molar-refractivity contribution in [3.05, 3.63) is 35.4 Å². The van der Waals surface area contributed by atoms with Crippen LogP contribution in [0.1, 0.15) is 25.0 Å². The van der Waals surface area contributed by atoms with Gasteiger partial charge in [0.1, 0.15) is 0 Å². The average Bonchev–Trinajstić information content (AvgIpc) is 2.28. The second-order valence-corrected chi connectivity index (χ2v) is 4.08. The van der Waals surface area contributed by atoms with E-state index in [9.17, 15) is 4.79 Å². The largest absolute Gasteiger partial charge is 0.343 e. The maximum Gasteiger partial charge on any atom is 0.226 e. The van der Waals surface area contributed by atoms with E-state index < -0.39 is 0 Å². The molecule has 3 heteroatoms. The van der Waals surface area contributed by atoms with Gasteiger partial charge < -0.3 is 4.90 Å². The van der Waals surface area contributed by atoms with Gasteiger partial charge in [-0.3, -0.25) is 4.79 Å². The van der Waals surface area contributed by atoms with E-state index in [2.05, 4.69) is 6.07 Å². The average molecular weight is 216 g/mol. The van der Waals surface area contributed by atoms with Crippen LogP contribution in [0.15, 0.2) is 24.3 Å². The number of carbonyl (C=O) groups is 1. The first-order chi connectivity index (χ1) is 7.54. The highest BCUT2D eigenvalue weighted by molar-refractivity contribution is 5.78. The van der Waals surface area contributed by atoms with Crippen molar-refractivity contribution >= 4 is 5.91 Å². The molecule has 0 heterocycles. The first kappa shape index (κ1) is 12.3. The number of nitrogens with zero attached hydrogens (tertiary/aromatic N) is 2. The van der Waals surface area contributed by atoms with Gasteiger partial charge in [0, 0.05) is 13.1 Å². The van der Waals surface area contributed by atoms with Gasteiger partial charge in [-0.15, -0.1) is 0 Å². The van der Waals surface area contributed by atoms with Crippen LogP contribution in [-0.2, 0) is 11.2 Å². The van der Waals surface area contributed by atoms with Gasteiger partial charge >= 0.3 is 0 Å². The molecule has 0 aliphatic rings. The summed E-state index contributed by atoms with van der Waals surface area (Å²) in [4.78, 5) is 13.5. The Morgan fingerprint density at radius 1 is 1.38 bits per heavy atom. The summed E-state index contributed by atoms with van der Waals surface area (Å²) in [5.74, 6) is 0.0970. The lowest BCUT2D eigenvalue weighted by Gasteiger charge is -2.21. The highest BCUT2D eigenvalue weighted by atomic mass is 16.2. The minimum atomic E-state index is 0.0970. The number of hydrogen-bond acceptors (Lipinski definition) is 2. The molecule has 84 valence electrons. The lowest BCUT2D eigenvalue weighted by molar-refractivity contribution is -0.130. The summed E-state index contributed by atoms with van der Waals surface area (Å²) in [7, 11) is 1.80. The van der Waals surface area contributed by atoms with Gasteiger partial charge in [-0.05, 0) is 31.5 Å². The van der Waals surface area contributed by atoms with E-state index in [1.54, 1.807) is 24.1 Å². The van der Waals surface area contributed by atoms with E-state index >= 15 is 0 Å². The minimum Gasteiger partial charge on any atom is -0.343 e. The van der Waals surface area contributed by atoms with Gasteiger partial charge in [0.05, 0.1) is 18.1 Å². The number of carbonyl (C=O) groups excluding carboxylic acids is 1. The molecular weight excluding hydrogens is 200 g/mol. The van der Waals surface area contributed by atoms with Gasteiger partial charge in [0.2, 0.25) is 5.91 Å². The van der Waals surface area contributed by atoms with Gasteiger partial charge in [-0.1, -0.05) is 12.1 Å². The first-order valence-electron chi connectivity index (χ1n) is 5.29. The fourth-order valence-electron chi connectivity index (χ4n) is 1.28. The molecule has 1 aromatic carbocycles. The van der Waals surface area contributed by atoms with Crippen molar-refractivity contribution < 1.29 is 4.79 Å². The molecule has 0 N–H and O–H groups in total. The van der Waals surface area contributed by atoms with E-state index in [0.29, 0.717) is 12.0 Å². The van der Waals surface area contributed by atoms with Crippen LogP contribution in [0.3, 0.4) is 0 Å². The third-order valence-electron chi connectivity index (χ3n) is 2.61. The molecule has 1 aromatic rings. The van der Waals surface area contributed by atoms with Gasteiger partial charge in [0.25, 0.3) is 0 Å². The van der Waals surface area contributed by atoms with E-state index in [1.165, 1.54) is 0 Å². The van der Waals surface area contributed by atoms with E-state index in [-0.39, 0.29) is 11.9 Å². The minimum absolute atomic E-state index is 0.0970. The summed E-state index contributed by atoms with van der Waals surface area (Å²) in [5.41, 5.74) is 1.56. The third-order valence-corrected chi connectivity index (χ3v) is 2.61. The van der Waals surface area contributed by atoms with Crippen LogP contribution in [-0.4, -0.2) is 23.9 Å². The monoisotopic (exact) mass is 216 g/mol. The zero-order chi connectivity index (χ0) is 12.1. The second kappa shape index (κ2) is 5.32. The van der Waals surface area contributed by atoms with E-state index in [4.69, 9.17) is 5.26 Å². The molecule has 0 saturated heterocycles. The number of benzene rings is 1. The lowest BCUT2D eigenvalue weighted by Crippen LogP contribution is -2.34. The van der Waals surface area contributed by atoms with Crippen LogP contribution in [0.25, 0.3) is 0 Å². The summed E-state index contributed by atoms with van der Waals surface area (Å²) in [6, 6.07) is 9.38. The van der Waals surface area contributed by atoms with Crippen molar-refractivity contribution in [2.75, 3.05) is 7.05 Å². The summed E-state index contributed by atoms with van der Waals surface area (Å²) in [6.07, 6.45) is 0.389. The Balaban J connectivity index is 2.67. The van der Waals surface area contributed by atoms with Crippen LogP contribution in [0, 0.1) is 11.3 Å².